The van der Waals surface area contributed by atoms with Crippen molar-refractivity contribution >= 4 is 49.4 Å². The molecule has 2 atom stereocenters. The molecule has 0 aromatic heterocycles. The lowest BCUT2D eigenvalue weighted by molar-refractivity contribution is -0.133. The molecule has 129 valence electrons. The third-order valence-corrected chi connectivity index (χ3v) is 4.82. The van der Waals surface area contributed by atoms with E-state index >= 15 is 0 Å². The van der Waals surface area contributed by atoms with Gasteiger partial charge in [-0.05, 0) is 20.3 Å². The average molecular weight is 362 g/mol. The smallest absolute Gasteiger partial charge is 0.327 e. The van der Waals surface area contributed by atoms with E-state index in [1.807, 2.05) is 0 Å². The van der Waals surface area contributed by atoms with Gasteiger partial charge >= 0.3 is 6.03 Å². The molecular formula is C14H22N3O4S2. The maximum absolute atomic E-state index is 12.3. The zero-order valence-electron chi connectivity index (χ0n) is 14.6. The molecule has 0 aromatic rings. The highest BCUT2D eigenvalue weighted by molar-refractivity contribution is 7.81. The van der Waals surface area contributed by atoms with Gasteiger partial charge in [0, 0.05) is 26.4 Å². The molecular weight excluding hydrogens is 338 g/mol. The number of thiol groups is 2. The highest BCUT2D eigenvalue weighted by atomic mass is 32.1. The van der Waals surface area contributed by atoms with Crippen LogP contribution in [0, 0.1) is 0 Å². The van der Waals surface area contributed by atoms with Crippen LogP contribution in [0.3, 0.4) is 0 Å². The Kier molecular flexibility index (Phi) is 5.96. The van der Waals surface area contributed by atoms with Crippen LogP contribution in [0.25, 0.3) is 0 Å². The monoisotopic (exact) mass is 362 g/mol. The van der Waals surface area contributed by atoms with Gasteiger partial charge in [0.2, 0.25) is 12.2 Å². The third-order valence-electron chi connectivity index (χ3n) is 4.04. The number of carbonyl (C=O) groups is 3. The molecule has 0 spiro atoms. The molecule has 1 aliphatic rings. The molecule has 0 aliphatic carbocycles. The first kappa shape index (κ1) is 18.1. The molecule has 0 N–H and O–H groups in total. The number of amides is 4. The van der Waals surface area contributed by atoms with Gasteiger partial charge in [-0.25, -0.2) is 4.79 Å². The SMILES string of the molecule is [3H]C([C]=O)(CS)N(C)C(=O)[C@@H](S)CCN1C(=O)N(C)C(C)(C)C1=O. The molecule has 1 rings (SSSR count). The summed E-state index contributed by atoms with van der Waals surface area (Å²) in [5, 5.41) is -0.873. The fraction of sp³-hybridized carbons (Fsp3) is 0.714. The van der Waals surface area contributed by atoms with Crippen molar-refractivity contribution in [3.8, 4) is 0 Å². The summed E-state index contributed by atoms with van der Waals surface area (Å²) in [5.74, 6) is -1.12. The van der Waals surface area contributed by atoms with Gasteiger partial charge in [0.1, 0.15) is 11.6 Å². The number of carbonyl (C=O) groups excluding carboxylic acids is 4. The number of imide groups is 1. The van der Waals surface area contributed by atoms with Gasteiger partial charge in [0.25, 0.3) is 5.91 Å². The molecule has 23 heavy (non-hydrogen) atoms. The number of likely N-dealkylation sites (N-methyl/N-ethyl adjacent to an activating group) is 2. The lowest BCUT2D eigenvalue weighted by Gasteiger charge is -2.25. The van der Waals surface area contributed by atoms with Crippen LogP contribution < -0.4 is 0 Å². The van der Waals surface area contributed by atoms with E-state index in [1.165, 1.54) is 18.2 Å². The van der Waals surface area contributed by atoms with Crippen LogP contribution in [-0.2, 0) is 14.4 Å². The molecule has 7 nitrogen and oxygen atoms in total. The van der Waals surface area contributed by atoms with Crippen LogP contribution in [-0.4, -0.2) is 82.0 Å². The van der Waals surface area contributed by atoms with Crippen molar-refractivity contribution in [1.82, 2.24) is 14.7 Å². The quantitative estimate of drug-likeness (QED) is 0.501. The Morgan fingerprint density at radius 3 is 2.43 bits per heavy atom. The summed E-state index contributed by atoms with van der Waals surface area (Å²) >= 11 is 8.07. The van der Waals surface area contributed by atoms with Crippen LogP contribution >= 0.6 is 25.3 Å². The minimum absolute atomic E-state index is 0.0237. The highest BCUT2D eigenvalue weighted by Crippen LogP contribution is 2.26. The summed E-state index contributed by atoms with van der Waals surface area (Å²) in [6.07, 6.45) is 1.58. The Balaban J connectivity index is 2.75. The largest absolute Gasteiger partial charge is 0.333 e. The predicted molar refractivity (Wildman–Crippen MR) is 92.4 cm³/mol. The van der Waals surface area contributed by atoms with Crippen molar-refractivity contribution in [3.63, 3.8) is 0 Å². The summed E-state index contributed by atoms with van der Waals surface area (Å²) in [4.78, 5) is 50.9. The summed E-state index contributed by atoms with van der Waals surface area (Å²) in [6, 6.07) is -2.33. The normalized spacial score (nSPS) is 21.7. The number of hydrogen-bond acceptors (Lipinski definition) is 6. The van der Waals surface area contributed by atoms with E-state index in [0.29, 0.717) is 0 Å². The first-order chi connectivity index (χ1) is 10.9. The molecule has 4 amide bonds. The van der Waals surface area contributed by atoms with Crippen LogP contribution in [0.1, 0.15) is 21.6 Å². The number of hydrogen-bond donors (Lipinski definition) is 2. The van der Waals surface area contributed by atoms with E-state index in [1.54, 1.807) is 20.9 Å². The Morgan fingerprint density at radius 2 is 2.04 bits per heavy atom. The fourth-order valence-corrected chi connectivity index (χ4v) is 2.68. The summed E-state index contributed by atoms with van der Waals surface area (Å²) in [6.45, 7) is 3.31. The summed E-state index contributed by atoms with van der Waals surface area (Å²) < 4.78 is 7.84. The van der Waals surface area contributed by atoms with E-state index in [0.717, 1.165) is 9.80 Å². The number of nitrogens with zero attached hydrogens (tertiary/aromatic N) is 3. The van der Waals surface area contributed by atoms with Gasteiger partial charge in [-0.15, -0.1) is 0 Å². The molecule has 0 saturated carbocycles. The molecule has 1 heterocycles. The Hall–Kier alpha value is -1.22. The molecule has 1 unspecified atom stereocenters. The Bertz CT molecular complexity index is 560. The van der Waals surface area contributed by atoms with Gasteiger partial charge in [-0.2, -0.15) is 25.3 Å². The van der Waals surface area contributed by atoms with Gasteiger partial charge < -0.3 is 9.80 Å². The van der Waals surface area contributed by atoms with Crippen LogP contribution in [0.5, 0.6) is 0 Å². The molecule has 0 aromatic carbocycles. The lowest BCUT2D eigenvalue weighted by Crippen LogP contribution is -2.44. The minimum Gasteiger partial charge on any atom is -0.333 e. The second-order valence-electron chi connectivity index (χ2n) is 5.77. The minimum atomic E-state index is -1.90. The van der Waals surface area contributed by atoms with E-state index in [-0.39, 0.29) is 24.6 Å². The zero-order valence-corrected chi connectivity index (χ0v) is 15.4. The second kappa shape index (κ2) is 7.57. The summed E-state index contributed by atoms with van der Waals surface area (Å²) in [5.41, 5.74) is -0.932. The van der Waals surface area contributed by atoms with Gasteiger partial charge in [-0.1, -0.05) is 0 Å². The molecule has 0 bridgehead atoms. The predicted octanol–water partition coefficient (Wildman–Crippen LogP) is 0.214. The number of rotatable bonds is 7. The van der Waals surface area contributed by atoms with Gasteiger partial charge in [0.05, 0.1) is 6.62 Å². The van der Waals surface area contributed by atoms with E-state index < -0.39 is 28.7 Å². The van der Waals surface area contributed by atoms with Gasteiger partial charge in [0.15, 0.2) is 0 Å². The highest BCUT2D eigenvalue weighted by Gasteiger charge is 2.49. The van der Waals surface area contributed by atoms with E-state index in [9.17, 15) is 19.2 Å². The number of urea groups is 1. The Morgan fingerprint density at radius 1 is 1.48 bits per heavy atom. The first-order valence-corrected chi connectivity index (χ1v) is 8.14. The van der Waals surface area contributed by atoms with Crippen molar-refractivity contribution in [2.45, 2.75) is 37.1 Å². The maximum Gasteiger partial charge on any atom is 0.327 e. The van der Waals surface area contributed by atoms with Crippen molar-refractivity contribution in [3.05, 3.63) is 0 Å². The zero-order chi connectivity index (χ0) is 18.9. The molecule has 1 radical (unpaired) electrons. The second-order valence-corrected chi connectivity index (χ2v) is 6.71. The molecule has 1 saturated heterocycles. The molecule has 1 aliphatic heterocycles. The van der Waals surface area contributed by atoms with Crippen molar-refractivity contribution in [2.24, 2.45) is 0 Å². The van der Waals surface area contributed by atoms with Crippen molar-refractivity contribution in [2.75, 3.05) is 26.4 Å². The third kappa shape index (κ3) is 3.82. The van der Waals surface area contributed by atoms with Gasteiger partial charge in [-0.3, -0.25) is 19.3 Å². The van der Waals surface area contributed by atoms with Crippen LogP contribution in [0.15, 0.2) is 0 Å². The van der Waals surface area contributed by atoms with Crippen molar-refractivity contribution < 1.29 is 20.5 Å². The molecule has 1 fully saturated rings. The molecule has 9 heteroatoms. The fourth-order valence-electron chi connectivity index (χ4n) is 2.12. The average Bonchev–Trinajstić information content (AvgIpc) is 2.71. The van der Waals surface area contributed by atoms with Crippen LogP contribution in [0.2, 0.25) is 0 Å². The van der Waals surface area contributed by atoms with Crippen LogP contribution in [0.4, 0.5) is 4.79 Å². The maximum atomic E-state index is 12.3. The topological polar surface area (TPSA) is 78.0 Å². The summed E-state index contributed by atoms with van der Waals surface area (Å²) in [7, 11) is 2.83. The van der Waals surface area contributed by atoms with Crippen molar-refractivity contribution in [1.29, 1.82) is 0 Å². The lowest BCUT2D eigenvalue weighted by atomic mass is 10.1. The Labute approximate surface area is 148 Å². The van der Waals surface area contributed by atoms with E-state index in [2.05, 4.69) is 25.3 Å². The first-order valence-electron chi connectivity index (χ1n) is 7.49. The van der Waals surface area contributed by atoms with E-state index in [4.69, 9.17) is 1.37 Å². The standard InChI is InChI=1S/C14H22N3O4S2/c1-14(2)12(20)17(13(21)16(14)4)6-5-10(23)11(19)15(3)9(7-18)8-22/h9-10,22-23H,5-6,8H2,1-4H3/t9?,10-/m0/s1/i9T.